The van der Waals surface area contributed by atoms with E-state index in [2.05, 4.69) is 18.9 Å². The van der Waals surface area contributed by atoms with E-state index in [1.165, 1.54) is 6.07 Å². The van der Waals surface area contributed by atoms with Crippen molar-refractivity contribution >= 4 is 0 Å². The largest absolute Gasteiger partial charge is 0.275 e. The van der Waals surface area contributed by atoms with Crippen molar-refractivity contribution in [3.05, 3.63) is 42.0 Å². The van der Waals surface area contributed by atoms with E-state index in [0.29, 0.717) is 5.92 Å². The summed E-state index contributed by atoms with van der Waals surface area (Å²) < 4.78 is 14.9. The van der Waals surface area contributed by atoms with Crippen LogP contribution in [0.5, 0.6) is 0 Å². The Morgan fingerprint density at radius 1 is 1.31 bits per heavy atom. The molecular formula is C13H15FN2. The third-order valence-corrected chi connectivity index (χ3v) is 2.54. The molecule has 0 bridgehead atoms. The molecule has 1 aromatic heterocycles. The normalized spacial score (nSPS) is 11.1. The first-order valence-electron chi connectivity index (χ1n) is 5.37. The minimum absolute atomic E-state index is 0.212. The molecule has 1 heterocycles. The average Bonchev–Trinajstić information content (AvgIpc) is 2.60. The SMILES string of the molecule is CC(C)c1nn(C)cc1-c1cccc(F)c1. The Hall–Kier alpha value is -1.64. The number of aromatic nitrogens is 2. The summed E-state index contributed by atoms with van der Waals surface area (Å²) in [5.74, 6) is 0.121. The molecule has 0 amide bonds. The Kier molecular flexibility index (Phi) is 2.77. The van der Waals surface area contributed by atoms with Crippen LogP contribution in [0.1, 0.15) is 25.5 Å². The number of rotatable bonds is 2. The Bertz CT molecular complexity index is 500. The third kappa shape index (κ3) is 1.98. The van der Waals surface area contributed by atoms with Crippen molar-refractivity contribution in [3.8, 4) is 11.1 Å². The van der Waals surface area contributed by atoms with E-state index in [-0.39, 0.29) is 5.82 Å². The third-order valence-electron chi connectivity index (χ3n) is 2.54. The highest BCUT2D eigenvalue weighted by molar-refractivity contribution is 5.65. The first kappa shape index (κ1) is 10.9. The molecule has 0 aliphatic carbocycles. The van der Waals surface area contributed by atoms with E-state index < -0.39 is 0 Å². The van der Waals surface area contributed by atoms with Gasteiger partial charge in [0.25, 0.3) is 0 Å². The second kappa shape index (κ2) is 4.08. The maximum atomic E-state index is 13.2. The molecule has 2 nitrogen and oxygen atoms in total. The number of hydrogen-bond acceptors (Lipinski definition) is 1. The molecule has 2 aromatic rings. The second-order valence-electron chi connectivity index (χ2n) is 4.27. The molecule has 16 heavy (non-hydrogen) atoms. The van der Waals surface area contributed by atoms with Crippen molar-refractivity contribution in [3.63, 3.8) is 0 Å². The number of benzene rings is 1. The highest BCUT2D eigenvalue weighted by atomic mass is 19.1. The summed E-state index contributed by atoms with van der Waals surface area (Å²) >= 11 is 0. The Labute approximate surface area is 94.7 Å². The van der Waals surface area contributed by atoms with Gasteiger partial charge in [0, 0.05) is 18.8 Å². The number of hydrogen-bond donors (Lipinski definition) is 0. The van der Waals surface area contributed by atoms with Gasteiger partial charge in [0.05, 0.1) is 5.69 Å². The lowest BCUT2D eigenvalue weighted by Gasteiger charge is -2.05. The van der Waals surface area contributed by atoms with Gasteiger partial charge in [-0.1, -0.05) is 26.0 Å². The topological polar surface area (TPSA) is 17.8 Å². The summed E-state index contributed by atoms with van der Waals surface area (Å²) in [4.78, 5) is 0. The van der Waals surface area contributed by atoms with Crippen molar-refractivity contribution < 1.29 is 4.39 Å². The van der Waals surface area contributed by atoms with Crippen molar-refractivity contribution in [2.45, 2.75) is 19.8 Å². The van der Waals surface area contributed by atoms with Gasteiger partial charge in [-0.15, -0.1) is 0 Å². The summed E-state index contributed by atoms with van der Waals surface area (Å²) in [6.07, 6.45) is 1.93. The van der Waals surface area contributed by atoms with Gasteiger partial charge in [0.2, 0.25) is 0 Å². The van der Waals surface area contributed by atoms with Crippen LogP contribution in [0.25, 0.3) is 11.1 Å². The number of nitrogens with zero attached hydrogens (tertiary/aromatic N) is 2. The summed E-state index contributed by atoms with van der Waals surface area (Å²) in [6.45, 7) is 4.18. The van der Waals surface area contributed by atoms with E-state index >= 15 is 0 Å². The van der Waals surface area contributed by atoms with Gasteiger partial charge < -0.3 is 0 Å². The molecule has 0 saturated heterocycles. The highest BCUT2D eigenvalue weighted by Gasteiger charge is 2.13. The van der Waals surface area contributed by atoms with Gasteiger partial charge >= 0.3 is 0 Å². The van der Waals surface area contributed by atoms with E-state index in [1.807, 2.05) is 19.3 Å². The molecule has 0 N–H and O–H groups in total. The minimum atomic E-state index is -0.212. The van der Waals surface area contributed by atoms with Crippen LogP contribution in [0.3, 0.4) is 0 Å². The van der Waals surface area contributed by atoms with Crippen LogP contribution in [0.4, 0.5) is 4.39 Å². The molecule has 0 radical (unpaired) electrons. The Morgan fingerprint density at radius 2 is 2.06 bits per heavy atom. The number of aryl methyl sites for hydroxylation is 1. The smallest absolute Gasteiger partial charge is 0.123 e. The first-order chi connectivity index (χ1) is 7.58. The van der Waals surface area contributed by atoms with Crippen LogP contribution in [0.15, 0.2) is 30.5 Å². The van der Waals surface area contributed by atoms with Crippen LogP contribution in [-0.2, 0) is 7.05 Å². The molecule has 1 aromatic carbocycles. The predicted molar refractivity (Wildman–Crippen MR) is 62.7 cm³/mol. The van der Waals surface area contributed by atoms with Gasteiger partial charge in [0.1, 0.15) is 5.82 Å². The lowest BCUT2D eigenvalue weighted by atomic mass is 10.0. The Balaban J connectivity index is 2.55. The molecule has 0 spiro atoms. The fraction of sp³-hybridized carbons (Fsp3) is 0.308. The maximum absolute atomic E-state index is 13.2. The van der Waals surface area contributed by atoms with Crippen LogP contribution < -0.4 is 0 Å². The van der Waals surface area contributed by atoms with E-state index in [1.54, 1.807) is 16.8 Å². The molecule has 0 atom stereocenters. The standard InChI is InChI=1S/C13H15FN2/c1-9(2)13-12(8-16(3)15-13)10-5-4-6-11(14)7-10/h4-9H,1-3H3. The van der Waals surface area contributed by atoms with Crippen molar-refractivity contribution in [1.29, 1.82) is 0 Å². The lowest BCUT2D eigenvalue weighted by molar-refractivity contribution is 0.628. The van der Waals surface area contributed by atoms with E-state index in [0.717, 1.165) is 16.8 Å². The predicted octanol–water partition coefficient (Wildman–Crippen LogP) is 3.35. The molecule has 0 saturated carbocycles. The summed E-state index contributed by atoms with van der Waals surface area (Å²) in [5, 5.41) is 4.41. The van der Waals surface area contributed by atoms with Crippen LogP contribution in [-0.4, -0.2) is 9.78 Å². The average molecular weight is 218 g/mol. The Morgan fingerprint density at radius 3 is 2.69 bits per heavy atom. The number of halogens is 1. The van der Waals surface area contributed by atoms with Crippen molar-refractivity contribution in [1.82, 2.24) is 9.78 Å². The zero-order valence-electron chi connectivity index (χ0n) is 9.74. The van der Waals surface area contributed by atoms with E-state index in [4.69, 9.17) is 0 Å². The van der Waals surface area contributed by atoms with Crippen molar-refractivity contribution in [2.24, 2.45) is 7.05 Å². The van der Waals surface area contributed by atoms with Gasteiger partial charge in [-0.3, -0.25) is 4.68 Å². The summed E-state index contributed by atoms with van der Waals surface area (Å²) in [6, 6.07) is 6.63. The zero-order chi connectivity index (χ0) is 11.7. The first-order valence-corrected chi connectivity index (χ1v) is 5.37. The molecule has 2 rings (SSSR count). The molecule has 0 aliphatic rings. The summed E-state index contributed by atoms with van der Waals surface area (Å²) in [7, 11) is 1.88. The molecular weight excluding hydrogens is 203 g/mol. The van der Waals surface area contributed by atoms with Gasteiger partial charge in [-0.2, -0.15) is 5.10 Å². The monoisotopic (exact) mass is 218 g/mol. The van der Waals surface area contributed by atoms with E-state index in [9.17, 15) is 4.39 Å². The fourth-order valence-electron chi connectivity index (χ4n) is 1.81. The summed E-state index contributed by atoms with van der Waals surface area (Å²) in [5.41, 5.74) is 2.90. The zero-order valence-corrected chi connectivity index (χ0v) is 9.74. The van der Waals surface area contributed by atoms with Crippen molar-refractivity contribution in [2.75, 3.05) is 0 Å². The molecule has 0 fully saturated rings. The van der Waals surface area contributed by atoms with Crippen LogP contribution >= 0.6 is 0 Å². The van der Waals surface area contributed by atoms with Crippen LogP contribution in [0, 0.1) is 5.82 Å². The van der Waals surface area contributed by atoms with Gasteiger partial charge in [-0.25, -0.2) is 4.39 Å². The highest BCUT2D eigenvalue weighted by Crippen LogP contribution is 2.28. The maximum Gasteiger partial charge on any atom is 0.123 e. The molecule has 0 aliphatic heterocycles. The quantitative estimate of drug-likeness (QED) is 0.755. The minimum Gasteiger partial charge on any atom is -0.275 e. The molecule has 3 heteroatoms. The molecule has 0 unspecified atom stereocenters. The van der Waals surface area contributed by atoms with Gasteiger partial charge in [-0.05, 0) is 23.6 Å². The molecule has 84 valence electrons. The lowest BCUT2D eigenvalue weighted by Crippen LogP contribution is -1.93. The fourth-order valence-corrected chi connectivity index (χ4v) is 1.81. The second-order valence-corrected chi connectivity index (χ2v) is 4.27. The van der Waals surface area contributed by atoms with Crippen LogP contribution in [0.2, 0.25) is 0 Å². The van der Waals surface area contributed by atoms with Gasteiger partial charge in [0.15, 0.2) is 0 Å².